The molecular weight excluding hydrogens is 200 g/mol. The number of allylic oxidation sites excluding steroid dienone is 3. The molecule has 3 N–H and O–H groups in total. The van der Waals surface area contributed by atoms with Crippen LogP contribution in [0.4, 0.5) is 5.69 Å². The Morgan fingerprint density at radius 1 is 1.75 bits per heavy atom. The first-order valence-corrected chi connectivity index (χ1v) is 5.42. The number of anilines is 1. The van der Waals surface area contributed by atoms with Crippen molar-refractivity contribution in [2.45, 2.75) is 19.4 Å². The quantitative estimate of drug-likeness (QED) is 0.718. The number of nitrogens with one attached hydrogen (secondary N) is 1. The van der Waals surface area contributed by atoms with Gasteiger partial charge >= 0.3 is 0 Å². The van der Waals surface area contributed by atoms with Gasteiger partial charge in [0, 0.05) is 6.20 Å². The third-order valence-corrected chi connectivity index (χ3v) is 2.51. The van der Waals surface area contributed by atoms with E-state index in [1.165, 1.54) is 5.57 Å². The van der Waals surface area contributed by atoms with Crippen LogP contribution < -0.4 is 11.1 Å². The smallest absolute Gasteiger partial charge is 0.0741 e. The highest BCUT2D eigenvalue weighted by atomic mass is 15.3. The van der Waals surface area contributed by atoms with Crippen LogP contribution in [-0.4, -0.2) is 23.4 Å². The average molecular weight is 220 g/mol. The Hall–Kier alpha value is -1.55. The van der Waals surface area contributed by atoms with E-state index in [-0.39, 0.29) is 6.04 Å². The maximum atomic E-state index is 5.68. The van der Waals surface area contributed by atoms with Crippen molar-refractivity contribution in [1.82, 2.24) is 15.1 Å². The minimum absolute atomic E-state index is 0.239. The van der Waals surface area contributed by atoms with Gasteiger partial charge in [0.1, 0.15) is 0 Å². The zero-order valence-corrected chi connectivity index (χ0v) is 9.98. The lowest BCUT2D eigenvalue weighted by Gasteiger charge is -2.18. The third-order valence-electron chi connectivity index (χ3n) is 2.51. The van der Waals surface area contributed by atoms with Gasteiger partial charge in [-0.3, -0.25) is 4.68 Å². The average Bonchev–Trinajstić information content (AvgIpc) is 2.66. The fraction of sp³-hybridized carbons (Fsp3) is 0.417. The summed E-state index contributed by atoms with van der Waals surface area (Å²) >= 11 is 0. The Bertz CT molecular complexity index is 365. The molecule has 0 amide bonds. The van der Waals surface area contributed by atoms with Crippen molar-refractivity contribution in [3.8, 4) is 0 Å². The molecule has 1 unspecified atom stereocenters. The van der Waals surface area contributed by atoms with Crippen molar-refractivity contribution >= 4 is 5.69 Å². The van der Waals surface area contributed by atoms with Crippen LogP contribution in [0.1, 0.15) is 19.4 Å². The molecule has 88 valence electrons. The second-order valence-corrected chi connectivity index (χ2v) is 3.81. The SMILES string of the molecule is C=CC=C(C)C(CCNC)n1cc(N)cn1. The van der Waals surface area contributed by atoms with Crippen molar-refractivity contribution < 1.29 is 0 Å². The standard InChI is InChI=1S/C12H20N4/c1-4-5-10(2)12(6-7-14-3)16-9-11(13)8-15-16/h4-5,8-9,12,14H,1,6-7,13H2,2-3H3. The van der Waals surface area contributed by atoms with Gasteiger partial charge in [-0.2, -0.15) is 5.10 Å². The molecule has 0 fully saturated rings. The zero-order valence-electron chi connectivity index (χ0n) is 9.98. The van der Waals surface area contributed by atoms with Crippen molar-refractivity contribution in [2.24, 2.45) is 0 Å². The molecule has 1 rings (SSSR count). The molecule has 0 spiro atoms. The van der Waals surface area contributed by atoms with Gasteiger partial charge < -0.3 is 11.1 Å². The third kappa shape index (κ3) is 3.24. The van der Waals surface area contributed by atoms with E-state index in [0.717, 1.165) is 13.0 Å². The van der Waals surface area contributed by atoms with Gasteiger partial charge in [0.2, 0.25) is 0 Å². The van der Waals surface area contributed by atoms with Gasteiger partial charge in [0.15, 0.2) is 0 Å². The molecular formula is C12H20N4. The second-order valence-electron chi connectivity index (χ2n) is 3.81. The molecule has 0 aliphatic carbocycles. The molecule has 0 aliphatic heterocycles. The molecule has 4 heteroatoms. The first-order chi connectivity index (χ1) is 7.69. The number of rotatable bonds is 6. The van der Waals surface area contributed by atoms with Crippen molar-refractivity contribution in [2.75, 3.05) is 19.3 Å². The number of nitrogens with zero attached hydrogens (tertiary/aromatic N) is 2. The van der Waals surface area contributed by atoms with E-state index in [2.05, 4.69) is 23.9 Å². The summed E-state index contributed by atoms with van der Waals surface area (Å²) in [6.07, 6.45) is 8.33. The fourth-order valence-electron chi connectivity index (χ4n) is 1.67. The normalized spacial score (nSPS) is 13.8. The molecule has 0 aliphatic rings. The predicted molar refractivity (Wildman–Crippen MR) is 68.2 cm³/mol. The van der Waals surface area contributed by atoms with E-state index in [4.69, 9.17) is 5.73 Å². The molecule has 0 saturated carbocycles. The van der Waals surface area contributed by atoms with Crippen LogP contribution in [0.25, 0.3) is 0 Å². The number of hydrogen-bond donors (Lipinski definition) is 2. The summed E-state index contributed by atoms with van der Waals surface area (Å²) < 4.78 is 1.90. The van der Waals surface area contributed by atoms with E-state index in [0.29, 0.717) is 5.69 Å². The number of hydrogen-bond acceptors (Lipinski definition) is 3. The summed E-state index contributed by atoms with van der Waals surface area (Å²) in [5.41, 5.74) is 7.61. The molecule has 0 aromatic carbocycles. The summed E-state index contributed by atoms with van der Waals surface area (Å²) in [4.78, 5) is 0. The highest BCUT2D eigenvalue weighted by Gasteiger charge is 2.12. The summed E-state index contributed by atoms with van der Waals surface area (Å²) in [7, 11) is 1.95. The number of nitrogen functional groups attached to an aromatic ring is 1. The van der Waals surface area contributed by atoms with Crippen LogP contribution in [0.2, 0.25) is 0 Å². The van der Waals surface area contributed by atoms with Crippen molar-refractivity contribution in [1.29, 1.82) is 0 Å². The summed E-state index contributed by atoms with van der Waals surface area (Å²) in [5, 5.41) is 7.41. The van der Waals surface area contributed by atoms with Gasteiger partial charge in [-0.05, 0) is 32.5 Å². The lowest BCUT2D eigenvalue weighted by molar-refractivity contribution is 0.473. The van der Waals surface area contributed by atoms with Crippen LogP contribution in [0.5, 0.6) is 0 Å². The first-order valence-electron chi connectivity index (χ1n) is 5.42. The van der Waals surface area contributed by atoms with Gasteiger partial charge in [0.25, 0.3) is 0 Å². The monoisotopic (exact) mass is 220 g/mol. The molecule has 1 aromatic rings. The maximum Gasteiger partial charge on any atom is 0.0741 e. The van der Waals surface area contributed by atoms with Crippen LogP contribution in [0, 0.1) is 0 Å². The van der Waals surface area contributed by atoms with Crippen molar-refractivity contribution in [3.63, 3.8) is 0 Å². The largest absolute Gasteiger partial charge is 0.396 e. The molecule has 0 radical (unpaired) electrons. The lowest BCUT2D eigenvalue weighted by atomic mass is 10.1. The Kier molecular flexibility index (Phi) is 4.79. The van der Waals surface area contributed by atoms with Crippen molar-refractivity contribution in [3.05, 3.63) is 36.7 Å². The predicted octanol–water partition coefficient (Wildman–Crippen LogP) is 1.75. The van der Waals surface area contributed by atoms with Gasteiger partial charge in [-0.25, -0.2) is 0 Å². The Balaban J connectivity index is 2.86. The highest BCUT2D eigenvalue weighted by molar-refractivity contribution is 5.31. The summed E-state index contributed by atoms with van der Waals surface area (Å²) in [6.45, 7) is 6.74. The first kappa shape index (κ1) is 12.5. The molecule has 1 aromatic heterocycles. The van der Waals surface area contributed by atoms with E-state index >= 15 is 0 Å². The molecule has 1 heterocycles. The minimum atomic E-state index is 0.239. The van der Waals surface area contributed by atoms with Crippen LogP contribution in [0.3, 0.4) is 0 Å². The maximum absolute atomic E-state index is 5.68. The van der Waals surface area contributed by atoms with Gasteiger partial charge in [-0.15, -0.1) is 0 Å². The Labute approximate surface area is 96.8 Å². The van der Waals surface area contributed by atoms with E-state index < -0.39 is 0 Å². The van der Waals surface area contributed by atoms with E-state index in [1.54, 1.807) is 12.3 Å². The Morgan fingerprint density at radius 3 is 3.00 bits per heavy atom. The number of aromatic nitrogens is 2. The summed E-state index contributed by atoms with van der Waals surface area (Å²) in [5.74, 6) is 0. The molecule has 0 saturated heterocycles. The fourth-order valence-corrected chi connectivity index (χ4v) is 1.67. The van der Waals surface area contributed by atoms with Crippen LogP contribution in [0.15, 0.2) is 36.7 Å². The Morgan fingerprint density at radius 2 is 2.50 bits per heavy atom. The lowest BCUT2D eigenvalue weighted by Crippen LogP contribution is -2.18. The highest BCUT2D eigenvalue weighted by Crippen LogP contribution is 2.21. The van der Waals surface area contributed by atoms with Crippen LogP contribution >= 0.6 is 0 Å². The van der Waals surface area contributed by atoms with Gasteiger partial charge in [-0.1, -0.05) is 18.7 Å². The molecule has 16 heavy (non-hydrogen) atoms. The molecule has 4 nitrogen and oxygen atoms in total. The van der Waals surface area contributed by atoms with Gasteiger partial charge in [0.05, 0.1) is 17.9 Å². The topological polar surface area (TPSA) is 55.9 Å². The number of nitrogens with two attached hydrogens (primary N) is 1. The minimum Gasteiger partial charge on any atom is -0.396 e. The zero-order chi connectivity index (χ0) is 12.0. The van der Waals surface area contributed by atoms with E-state index in [9.17, 15) is 0 Å². The van der Waals surface area contributed by atoms with E-state index in [1.807, 2.05) is 24.0 Å². The van der Waals surface area contributed by atoms with Crippen LogP contribution in [-0.2, 0) is 0 Å². The summed E-state index contributed by atoms with van der Waals surface area (Å²) in [6, 6.07) is 0.239. The molecule has 0 bridgehead atoms. The second kappa shape index (κ2) is 6.12. The molecule has 1 atom stereocenters.